The summed E-state index contributed by atoms with van der Waals surface area (Å²) in [5.41, 5.74) is 1.68. The maximum atomic E-state index is 11.8. The molecule has 134 valence electrons. The van der Waals surface area contributed by atoms with Crippen molar-refractivity contribution in [3.8, 4) is 17.6 Å². The fourth-order valence-electron chi connectivity index (χ4n) is 2.21. The topological polar surface area (TPSA) is 71.4 Å². The predicted molar refractivity (Wildman–Crippen MR) is 101 cm³/mol. The molecule has 0 spiro atoms. The lowest BCUT2D eigenvalue weighted by molar-refractivity contribution is -0.116. The van der Waals surface area contributed by atoms with E-state index in [1.165, 1.54) is 13.2 Å². The number of methoxy groups -OCH3 is 1. The fraction of sp³-hybridized carbons (Fsp3) is 0.200. The molecule has 1 N–H and O–H groups in total. The number of halogens is 1. The van der Waals surface area contributed by atoms with Crippen LogP contribution in [0.25, 0.3) is 6.08 Å². The Morgan fingerprint density at radius 3 is 2.58 bits per heavy atom. The number of amides is 1. The monoisotopic (exact) mass is 370 g/mol. The van der Waals surface area contributed by atoms with Crippen molar-refractivity contribution in [2.24, 2.45) is 0 Å². The van der Waals surface area contributed by atoms with Crippen molar-refractivity contribution in [1.82, 2.24) is 5.32 Å². The average Bonchev–Trinajstić information content (AvgIpc) is 2.66. The van der Waals surface area contributed by atoms with Crippen molar-refractivity contribution in [2.75, 3.05) is 13.7 Å². The van der Waals surface area contributed by atoms with E-state index in [0.29, 0.717) is 35.2 Å². The fourth-order valence-corrected chi connectivity index (χ4v) is 2.33. The highest BCUT2D eigenvalue weighted by atomic mass is 35.5. The normalized spacial score (nSPS) is 10.8. The zero-order valence-electron chi connectivity index (χ0n) is 14.6. The smallest absolute Gasteiger partial charge is 0.261 e. The summed E-state index contributed by atoms with van der Waals surface area (Å²) in [6.07, 6.45) is 1.51. The van der Waals surface area contributed by atoms with Crippen LogP contribution in [-0.2, 0) is 11.4 Å². The van der Waals surface area contributed by atoms with Crippen LogP contribution in [0.5, 0.6) is 11.5 Å². The molecule has 6 heteroatoms. The molecule has 0 saturated carbocycles. The highest BCUT2D eigenvalue weighted by Crippen LogP contribution is 2.29. The molecule has 0 unspecified atom stereocenters. The van der Waals surface area contributed by atoms with Crippen LogP contribution in [0.15, 0.2) is 48.0 Å². The maximum Gasteiger partial charge on any atom is 0.261 e. The van der Waals surface area contributed by atoms with Crippen LogP contribution in [-0.4, -0.2) is 19.6 Å². The number of rotatable bonds is 7. The lowest BCUT2D eigenvalue weighted by Gasteiger charge is -2.11. The molecule has 0 bridgehead atoms. The molecule has 0 aromatic heterocycles. The Balaban J connectivity index is 2.17. The third kappa shape index (κ3) is 5.27. The van der Waals surface area contributed by atoms with Gasteiger partial charge in [-0.15, -0.1) is 0 Å². The van der Waals surface area contributed by atoms with E-state index in [1.54, 1.807) is 37.3 Å². The van der Waals surface area contributed by atoms with Gasteiger partial charge in [-0.1, -0.05) is 29.8 Å². The first kappa shape index (κ1) is 19.4. The second-order valence-corrected chi connectivity index (χ2v) is 5.79. The van der Waals surface area contributed by atoms with Crippen molar-refractivity contribution >= 4 is 23.6 Å². The van der Waals surface area contributed by atoms with Gasteiger partial charge in [0.2, 0.25) is 0 Å². The highest BCUT2D eigenvalue weighted by molar-refractivity contribution is 6.30. The van der Waals surface area contributed by atoms with E-state index in [2.05, 4.69) is 5.32 Å². The quantitative estimate of drug-likeness (QED) is 0.591. The first-order valence-corrected chi connectivity index (χ1v) is 8.40. The third-order valence-electron chi connectivity index (χ3n) is 3.51. The van der Waals surface area contributed by atoms with Gasteiger partial charge in [0.05, 0.1) is 7.11 Å². The maximum absolute atomic E-state index is 11.8. The van der Waals surface area contributed by atoms with Crippen molar-refractivity contribution in [2.45, 2.75) is 13.5 Å². The highest BCUT2D eigenvalue weighted by Gasteiger charge is 2.10. The summed E-state index contributed by atoms with van der Waals surface area (Å²) in [5, 5.41) is 12.4. The van der Waals surface area contributed by atoms with E-state index >= 15 is 0 Å². The van der Waals surface area contributed by atoms with Crippen LogP contribution in [0.3, 0.4) is 0 Å². The minimum Gasteiger partial charge on any atom is -0.493 e. The number of hydrogen-bond acceptors (Lipinski definition) is 4. The predicted octanol–water partition coefficient (Wildman–Crippen LogP) is 3.97. The van der Waals surface area contributed by atoms with Crippen LogP contribution < -0.4 is 14.8 Å². The van der Waals surface area contributed by atoms with E-state index in [-0.39, 0.29) is 5.57 Å². The molecule has 0 saturated heterocycles. The lowest BCUT2D eigenvalue weighted by atomic mass is 10.1. The third-order valence-corrected chi connectivity index (χ3v) is 3.76. The molecule has 0 radical (unpaired) electrons. The number of nitrogens with zero attached hydrogens (tertiary/aromatic N) is 1. The van der Waals surface area contributed by atoms with Crippen LogP contribution in [0, 0.1) is 11.3 Å². The molecule has 2 aromatic carbocycles. The van der Waals surface area contributed by atoms with E-state index in [9.17, 15) is 4.79 Å². The molecule has 0 aliphatic carbocycles. The zero-order valence-corrected chi connectivity index (χ0v) is 15.3. The van der Waals surface area contributed by atoms with Gasteiger partial charge in [0, 0.05) is 11.6 Å². The number of ether oxygens (including phenoxy) is 2. The molecule has 5 nitrogen and oxygen atoms in total. The summed E-state index contributed by atoms with van der Waals surface area (Å²) in [7, 11) is 1.53. The second kappa shape index (κ2) is 9.50. The standard InChI is InChI=1S/C20H19ClN2O3/c1-3-23-20(24)16(12-22)10-15-6-9-18(19(11-15)25-2)26-13-14-4-7-17(21)8-5-14/h4-11H,3,13H2,1-2H3,(H,23,24)/b16-10+. The summed E-state index contributed by atoms with van der Waals surface area (Å²) >= 11 is 5.87. The molecule has 0 atom stereocenters. The van der Waals surface area contributed by atoms with Crippen molar-refractivity contribution in [1.29, 1.82) is 5.26 Å². The molecular weight excluding hydrogens is 352 g/mol. The SMILES string of the molecule is CCNC(=O)/C(C#N)=C/c1ccc(OCc2ccc(Cl)cc2)c(OC)c1. The summed E-state index contributed by atoms with van der Waals surface area (Å²) in [6, 6.07) is 14.5. The Bertz CT molecular complexity index is 839. The summed E-state index contributed by atoms with van der Waals surface area (Å²) in [5.74, 6) is 0.675. The second-order valence-electron chi connectivity index (χ2n) is 5.35. The van der Waals surface area contributed by atoms with E-state index in [4.69, 9.17) is 26.3 Å². The Morgan fingerprint density at radius 2 is 1.96 bits per heavy atom. The Labute approximate surface area is 157 Å². The molecule has 26 heavy (non-hydrogen) atoms. The zero-order chi connectivity index (χ0) is 18.9. The van der Waals surface area contributed by atoms with Gasteiger partial charge in [0.15, 0.2) is 11.5 Å². The summed E-state index contributed by atoms with van der Waals surface area (Å²) in [4.78, 5) is 11.8. The number of carbonyl (C=O) groups is 1. The number of hydrogen-bond donors (Lipinski definition) is 1. The van der Waals surface area contributed by atoms with Crippen molar-refractivity contribution < 1.29 is 14.3 Å². The summed E-state index contributed by atoms with van der Waals surface area (Å²) in [6.45, 7) is 2.62. The molecule has 0 heterocycles. The number of benzene rings is 2. The van der Waals surface area contributed by atoms with Crippen molar-refractivity contribution in [3.05, 3.63) is 64.2 Å². The van der Waals surface area contributed by atoms with Gasteiger partial charge in [-0.05, 0) is 48.4 Å². The molecular formula is C20H19ClN2O3. The minimum absolute atomic E-state index is 0.0312. The van der Waals surface area contributed by atoms with Gasteiger partial charge in [-0.2, -0.15) is 5.26 Å². The first-order valence-electron chi connectivity index (χ1n) is 8.02. The van der Waals surface area contributed by atoms with Crippen LogP contribution in [0.1, 0.15) is 18.1 Å². The lowest BCUT2D eigenvalue weighted by Crippen LogP contribution is -2.23. The first-order chi connectivity index (χ1) is 12.6. The minimum atomic E-state index is -0.406. The largest absolute Gasteiger partial charge is 0.493 e. The number of carbonyl (C=O) groups excluding carboxylic acids is 1. The molecule has 0 fully saturated rings. The molecule has 0 aliphatic heterocycles. The number of nitrogens with one attached hydrogen (secondary N) is 1. The van der Waals surface area contributed by atoms with Gasteiger partial charge in [-0.25, -0.2) is 0 Å². The van der Waals surface area contributed by atoms with Gasteiger partial charge in [0.1, 0.15) is 18.2 Å². The van der Waals surface area contributed by atoms with Crippen LogP contribution >= 0.6 is 11.6 Å². The van der Waals surface area contributed by atoms with Crippen LogP contribution in [0.4, 0.5) is 0 Å². The van der Waals surface area contributed by atoms with E-state index in [1.807, 2.05) is 18.2 Å². The average molecular weight is 371 g/mol. The van der Waals surface area contributed by atoms with E-state index < -0.39 is 5.91 Å². The Morgan fingerprint density at radius 1 is 1.23 bits per heavy atom. The van der Waals surface area contributed by atoms with Crippen molar-refractivity contribution in [3.63, 3.8) is 0 Å². The van der Waals surface area contributed by atoms with Gasteiger partial charge in [0.25, 0.3) is 5.91 Å². The van der Waals surface area contributed by atoms with Gasteiger partial charge < -0.3 is 14.8 Å². The molecule has 2 rings (SSSR count). The number of nitriles is 1. The Kier molecular flexibility index (Phi) is 7.07. The molecule has 2 aromatic rings. The molecule has 0 aliphatic rings. The number of likely N-dealkylation sites (N-methyl/N-ethyl adjacent to an activating group) is 1. The van der Waals surface area contributed by atoms with E-state index in [0.717, 1.165) is 5.56 Å². The summed E-state index contributed by atoms with van der Waals surface area (Å²) < 4.78 is 11.2. The Hall–Kier alpha value is -2.97. The van der Waals surface area contributed by atoms with Gasteiger partial charge in [-0.3, -0.25) is 4.79 Å². The molecule has 1 amide bonds. The van der Waals surface area contributed by atoms with Gasteiger partial charge >= 0.3 is 0 Å². The van der Waals surface area contributed by atoms with Crippen LogP contribution in [0.2, 0.25) is 5.02 Å².